The normalized spacial score (nSPS) is 15.1. The highest BCUT2D eigenvalue weighted by Gasteiger charge is 2.23. The van der Waals surface area contributed by atoms with Crippen molar-refractivity contribution in [3.05, 3.63) is 48.0 Å². The Hall–Kier alpha value is -2.12. The third-order valence-corrected chi connectivity index (χ3v) is 5.23. The van der Waals surface area contributed by atoms with Crippen LogP contribution in [0.15, 0.2) is 47.5 Å². The highest BCUT2D eigenvalue weighted by atomic mass is 32.2. The highest BCUT2D eigenvalue weighted by Crippen LogP contribution is 2.33. The van der Waals surface area contributed by atoms with Crippen molar-refractivity contribution in [2.45, 2.75) is 37.1 Å². The van der Waals surface area contributed by atoms with Crippen molar-refractivity contribution in [2.75, 3.05) is 0 Å². The summed E-state index contributed by atoms with van der Waals surface area (Å²) >= 11 is 1.14. The number of benzene rings is 1. The van der Waals surface area contributed by atoms with Gasteiger partial charge in [0.2, 0.25) is 0 Å². The van der Waals surface area contributed by atoms with E-state index in [1.165, 1.54) is 6.42 Å². The molecule has 4 heteroatoms. The van der Waals surface area contributed by atoms with E-state index in [9.17, 15) is 10.1 Å². The van der Waals surface area contributed by atoms with E-state index < -0.39 is 0 Å². The van der Waals surface area contributed by atoms with Crippen LogP contribution in [-0.4, -0.2) is 10.1 Å². The summed E-state index contributed by atoms with van der Waals surface area (Å²) in [7, 11) is 0. The predicted molar refractivity (Wildman–Crippen MR) is 91.8 cm³/mol. The monoisotopic (exact) mass is 322 g/mol. The molecule has 23 heavy (non-hydrogen) atoms. The molecule has 0 radical (unpaired) electrons. The Balaban J connectivity index is 1.85. The molecule has 1 aromatic heterocycles. The van der Waals surface area contributed by atoms with Gasteiger partial charge in [-0.25, -0.2) is 4.98 Å². The van der Waals surface area contributed by atoms with E-state index in [4.69, 9.17) is 0 Å². The number of nitrogens with zero attached hydrogens (tertiary/aromatic N) is 2. The molecule has 116 valence electrons. The summed E-state index contributed by atoms with van der Waals surface area (Å²) in [4.78, 5) is 17.1. The maximum atomic E-state index is 12.5. The lowest BCUT2D eigenvalue weighted by molar-refractivity contribution is -0.115. The molecule has 0 atom stereocenters. The zero-order chi connectivity index (χ0) is 16.1. The van der Waals surface area contributed by atoms with Crippen molar-refractivity contribution in [2.24, 2.45) is 5.92 Å². The lowest BCUT2D eigenvalue weighted by Gasteiger charge is -2.19. The van der Waals surface area contributed by atoms with Gasteiger partial charge in [0.05, 0.1) is 11.3 Å². The summed E-state index contributed by atoms with van der Waals surface area (Å²) in [5, 5.41) is 9.97. The molecular weight excluding hydrogens is 304 g/mol. The molecule has 1 aliphatic carbocycles. The number of nitriles is 1. The van der Waals surface area contributed by atoms with Gasteiger partial charge in [0.1, 0.15) is 11.1 Å². The molecule has 1 aromatic carbocycles. The number of aromatic nitrogens is 1. The highest BCUT2D eigenvalue weighted by molar-refractivity contribution is 8.13. The number of thioether (sulfide) groups is 1. The minimum Gasteiger partial charge on any atom is -0.286 e. The van der Waals surface area contributed by atoms with Gasteiger partial charge in [-0.1, -0.05) is 49.6 Å². The van der Waals surface area contributed by atoms with Crippen molar-refractivity contribution >= 4 is 16.9 Å². The molecule has 0 aliphatic heterocycles. The van der Waals surface area contributed by atoms with E-state index in [1.54, 1.807) is 6.07 Å². The third-order valence-electron chi connectivity index (χ3n) is 4.19. The SMILES string of the molecule is N#Cc1ccc(-c2ccccc2)nc1SC(=O)C1CCCCC1. The Labute approximate surface area is 140 Å². The first-order valence-corrected chi connectivity index (χ1v) is 8.78. The van der Waals surface area contributed by atoms with Gasteiger partial charge in [-0.2, -0.15) is 5.26 Å². The van der Waals surface area contributed by atoms with Crippen molar-refractivity contribution in [1.82, 2.24) is 4.98 Å². The fraction of sp³-hybridized carbons (Fsp3) is 0.316. The number of carbonyl (C=O) groups excluding carboxylic acids is 1. The van der Waals surface area contributed by atoms with Crippen molar-refractivity contribution in [1.29, 1.82) is 5.26 Å². The zero-order valence-corrected chi connectivity index (χ0v) is 13.7. The van der Waals surface area contributed by atoms with Gasteiger partial charge in [-0.05, 0) is 36.7 Å². The maximum absolute atomic E-state index is 12.5. The Bertz CT molecular complexity index is 731. The standard InChI is InChI=1S/C19H18N2OS/c20-13-16-11-12-17(14-7-3-1-4-8-14)21-18(16)23-19(22)15-9-5-2-6-10-15/h1,3-4,7-8,11-12,15H,2,5-6,9-10H2. The number of hydrogen-bond donors (Lipinski definition) is 0. The third kappa shape index (κ3) is 3.80. The van der Waals surface area contributed by atoms with Crippen LogP contribution < -0.4 is 0 Å². The molecule has 0 bridgehead atoms. The molecule has 3 rings (SSSR count). The van der Waals surface area contributed by atoms with E-state index in [-0.39, 0.29) is 11.0 Å². The van der Waals surface area contributed by atoms with Crippen LogP contribution >= 0.6 is 11.8 Å². The minimum absolute atomic E-state index is 0.113. The Morgan fingerprint density at radius 3 is 2.52 bits per heavy atom. The van der Waals surface area contributed by atoms with E-state index in [0.717, 1.165) is 48.7 Å². The van der Waals surface area contributed by atoms with Crippen LogP contribution in [0.3, 0.4) is 0 Å². The molecule has 2 aromatic rings. The van der Waals surface area contributed by atoms with Crippen LogP contribution in [0.25, 0.3) is 11.3 Å². The lowest BCUT2D eigenvalue weighted by Crippen LogP contribution is -2.15. The van der Waals surface area contributed by atoms with E-state index in [2.05, 4.69) is 11.1 Å². The molecule has 0 amide bonds. The number of carbonyl (C=O) groups is 1. The summed E-state index contributed by atoms with van der Waals surface area (Å²) < 4.78 is 0. The molecule has 1 saturated carbocycles. The number of rotatable bonds is 3. The Kier molecular flexibility index (Phi) is 5.09. The van der Waals surface area contributed by atoms with Gasteiger partial charge in [-0.15, -0.1) is 0 Å². The minimum atomic E-state index is 0.113. The second-order valence-electron chi connectivity index (χ2n) is 5.78. The van der Waals surface area contributed by atoms with Crippen molar-refractivity contribution in [3.8, 4) is 17.3 Å². The van der Waals surface area contributed by atoms with Gasteiger partial charge >= 0.3 is 0 Å². The molecule has 1 heterocycles. The smallest absolute Gasteiger partial charge is 0.198 e. The van der Waals surface area contributed by atoms with Crippen molar-refractivity contribution in [3.63, 3.8) is 0 Å². The van der Waals surface area contributed by atoms with Crippen LogP contribution in [0.1, 0.15) is 37.7 Å². The van der Waals surface area contributed by atoms with E-state index in [0.29, 0.717) is 10.6 Å². The zero-order valence-electron chi connectivity index (χ0n) is 12.9. The summed E-state index contributed by atoms with van der Waals surface area (Å²) in [6.07, 6.45) is 5.40. The molecular formula is C19H18N2OS. The average molecular weight is 322 g/mol. The average Bonchev–Trinajstić information content (AvgIpc) is 2.63. The molecule has 0 N–H and O–H groups in total. The maximum Gasteiger partial charge on any atom is 0.198 e. The second kappa shape index (κ2) is 7.43. The topological polar surface area (TPSA) is 53.8 Å². The molecule has 1 fully saturated rings. The predicted octanol–water partition coefficient (Wildman–Crippen LogP) is 4.82. The van der Waals surface area contributed by atoms with Crippen LogP contribution in [0, 0.1) is 17.2 Å². The first kappa shape index (κ1) is 15.8. The van der Waals surface area contributed by atoms with Gasteiger partial charge in [0, 0.05) is 11.5 Å². The Morgan fingerprint density at radius 1 is 1.09 bits per heavy atom. The number of pyridine rings is 1. The van der Waals surface area contributed by atoms with Crippen LogP contribution in [-0.2, 0) is 4.79 Å². The first-order valence-electron chi connectivity index (χ1n) is 7.96. The molecule has 3 nitrogen and oxygen atoms in total. The summed E-state index contributed by atoms with van der Waals surface area (Å²) in [5.74, 6) is 0.113. The second-order valence-corrected chi connectivity index (χ2v) is 6.78. The van der Waals surface area contributed by atoms with Crippen LogP contribution in [0.2, 0.25) is 0 Å². The van der Waals surface area contributed by atoms with E-state index in [1.807, 2.05) is 36.4 Å². The molecule has 0 saturated heterocycles. The van der Waals surface area contributed by atoms with Gasteiger partial charge in [0.15, 0.2) is 5.12 Å². The van der Waals surface area contributed by atoms with Gasteiger partial charge in [0.25, 0.3) is 0 Å². The Morgan fingerprint density at radius 2 is 1.83 bits per heavy atom. The largest absolute Gasteiger partial charge is 0.286 e. The first-order chi connectivity index (χ1) is 11.3. The molecule has 0 spiro atoms. The summed E-state index contributed by atoms with van der Waals surface area (Å²) in [6.45, 7) is 0. The molecule has 1 aliphatic rings. The summed E-state index contributed by atoms with van der Waals surface area (Å²) in [5.41, 5.74) is 2.26. The quantitative estimate of drug-likeness (QED) is 0.760. The lowest BCUT2D eigenvalue weighted by atomic mass is 9.90. The fourth-order valence-electron chi connectivity index (χ4n) is 2.89. The van der Waals surface area contributed by atoms with Gasteiger partial charge < -0.3 is 0 Å². The number of hydrogen-bond acceptors (Lipinski definition) is 4. The van der Waals surface area contributed by atoms with Crippen molar-refractivity contribution < 1.29 is 4.79 Å². The van der Waals surface area contributed by atoms with Gasteiger partial charge in [-0.3, -0.25) is 4.79 Å². The fourth-order valence-corrected chi connectivity index (χ4v) is 3.85. The van der Waals surface area contributed by atoms with Crippen LogP contribution in [0.4, 0.5) is 0 Å². The summed E-state index contributed by atoms with van der Waals surface area (Å²) in [6, 6.07) is 15.6. The molecule has 0 unspecified atom stereocenters. The van der Waals surface area contributed by atoms with Crippen LogP contribution in [0.5, 0.6) is 0 Å². The van der Waals surface area contributed by atoms with E-state index >= 15 is 0 Å².